The first-order valence-corrected chi connectivity index (χ1v) is 7.32. The zero-order valence-corrected chi connectivity index (χ0v) is 11.6. The molecule has 3 heteroatoms. The summed E-state index contributed by atoms with van der Waals surface area (Å²) < 4.78 is 27.0. The molecule has 0 radical (unpaired) electrons. The van der Waals surface area contributed by atoms with Crippen LogP contribution in [0.3, 0.4) is 0 Å². The van der Waals surface area contributed by atoms with Crippen molar-refractivity contribution in [1.82, 2.24) is 5.32 Å². The highest BCUT2D eigenvalue weighted by molar-refractivity contribution is 5.20. The number of rotatable bonds is 4. The molecule has 0 heterocycles. The molecule has 1 saturated carbocycles. The number of benzene rings is 1. The minimum atomic E-state index is -0.742. The largest absolute Gasteiger partial charge is 0.316 e. The van der Waals surface area contributed by atoms with Gasteiger partial charge < -0.3 is 5.32 Å². The molecule has 1 aromatic rings. The van der Waals surface area contributed by atoms with Gasteiger partial charge in [-0.2, -0.15) is 0 Å². The van der Waals surface area contributed by atoms with Gasteiger partial charge in [0.2, 0.25) is 0 Å². The molecule has 0 aromatic heterocycles. The zero-order chi connectivity index (χ0) is 13.7. The van der Waals surface area contributed by atoms with Crippen molar-refractivity contribution in [2.75, 3.05) is 7.05 Å². The molecule has 1 aliphatic carbocycles. The van der Waals surface area contributed by atoms with Crippen LogP contribution in [0.4, 0.5) is 8.78 Å². The second-order valence-electron chi connectivity index (χ2n) is 5.56. The Kier molecular flexibility index (Phi) is 5.32. The van der Waals surface area contributed by atoms with Crippen LogP contribution in [0.1, 0.15) is 44.1 Å². The van der Waals surface area contributed by atoms with Crippen LogP contribution in [0.2, 0.25) is 0 Å². The normalized spacial score (nSPS) is 19.1. The number of hydrogen-bond donors (Lipinski definition) is 1. The van der Waals surface area contributed by atoms with E-state index in [9.17, 15) is 8.78 Å². The Balaban J connectivity index is 2.07. The van der Waals surface area contributed by atoms with E-state index in [1.807, 2.05) is 7.05 Å². The number of hydrogen-bond acceptors (Lipinski definition) is 1. The van der Waals surface area contributed by atoms with Crippen LogP contribution < -0.4 is 5.32 Å². The Morgan fingerprint density at radius 1 is 1.16 bits per heavy atom. The summed E-state index contributed by atoms with van der Waals surface area (Å²) in [4.78, 5) is 0. The first-order valence-electron chi connectivity index (χ1n) is 7.32. The molecule has 1 atom stereocenters. The van der Waals surface area contributed by atoms with E-state index in [-0.39, 0.29) is 6.04 Å². The quantitative estimate of drug-likeness (QED) is 0.811. The average Bonchev–Trinajstić information content (AvgIpc) is 2.69. The standard InChI is InChI=1S/C16H23F2N/c1-19-15(12-7-4-2-3-5-8-12)11-13-9-6-10-14(17)16(13)18/h6,9-10,12,15,19H,2-5,7-8,11H2,1H3. The molecule has 2 rings (SSSR count). The predicted molar refractivity (Wildman–Crippen MR) is 74.1 cm³/mol. The highest BCUT2D eigenvalue weighted by Crippen LogP contribution is 2.27. The lowest BCUT2D eigenvalue weighted by molar-refractivity contribution is 0.329. The maximum atomic E-state index is 13.7. The van der Waals surface area contributed by atoms with Crippen molar-refractivity contribution in [3.8, 4) is 0 Å². The SMILES string of the molecule is CNC(Cc1cccc(F)c1F)C1CCCCCC1. The van der Waals surface area contributed by atoms with Gasteiger partial charge in [-0.1, -0.05) is 37.8 Å². The minimum Gasteiger partial charge on any atom is -0.316 e. The van der Waals surface area contributed by atoms with Crippen LogP contribution in [0.5, 0.6) is 0 Å². The lowest BCUT2D eigenvalue weighted by atomic mass is 9.87. The number of nitrogens with one attached hydrogen (secondary N) is 1. The summed E-state index contributed by atoms with van der Waals surface area (Å²) in [5.74, 6) is -0.847. The molecular formula is C16H23F2N. The Hall–Kier alpha value is -0.960. The molecular weight excluding hydrogens is 244 g/mol. The van der Waals surface area contributed by atoms with Gasteiger partial charge in [-0.05, 0) is 43.9 Å². The van der Waals surface area contributed by atoms with Crippen molar-refractivity contribution in [1.29, 1.82) is 0 Å². The summed E-state index contributed by atoms with van der Waals surface area (Å²) in [5.41, 5.74) is 0.489. The van der Waals surface area contributed by atoms with Crippen molar-refractivity contribution in [2.45, 2.75) is 51.0 Å². The van der Waals surface area contributed by atoms with Gasteiger partial charge >= 0.3 is 0 Å². The monoisotopic (exact) mass is 267 g/mol. The molecule has 106 valence electrons. The van der Waals surface area contributed by atoms with E-state index < -0.39 is 11.6 Å². The fourth-order valence-electron chi connectivity index (χ4n) is 3.16. The number of halogens is 2. The van der Waals surface area contributed by atoms with Gasteiger partial charge in [0.1, 0.15) is 0 Å². The topological polar surface area (TPSA) is 12.0 Å². The Bertz CT molecular complexity index is 398. The van der Waals surface area contributed by atoms with E-state index >= 15 is 0 Å². The van der Waals surface area contributed by atoms with Gasteiger partial charge in [0.05, 0.1) is 0 Å². The summed E-state index contributed by atoms with van der Waals surface area (Å²) in [6.07, 6.45) is 8.10. The van der Waals surface area contributed by atoms with Gasteiger partial charge in [-0.3, -0.25) is 0 Å². The van der Waals surface area contributed by atoms with E-state index in [2.05, 4.69) is 5.32 Å². The minimum absolute atomic E-state index is 0.245. The van der Waals surface area contributed by atoms with Crippen molar-refractivity contribution in [3.63, 3.8) is 0 Å². The third kappa shape index (κ3) is 3.75. The molecule has 1 N–H and O–H groups in total. The van der Waals surface area contributed by atoms with E-state index in [1.54, 1.807) is 12.1 Å². The second-order valence-corrected chi connectivity index (χ2v) is 5.56. The van der Waals surface area contributed by atoms with E-state index in [1.165, 1.54) is 44.6 Å². The lowest BCUT2D eigenvalue weighted by Crippen LogP contribution is -2.35. The predicted octanol–water partition coefficient (Wildman–Crippen LogP) is 4.07. The fourth-order valence-corrected chi connectivity index (χ4v) is 3.16. The first-order chi connectivity index (χ1) is 9.22. The van der Waals surface area contributed by atoms with Crippen molar-refractivity contribution in [3.05, 3.63) is 35.4 Å². The number of likely N-dealkylation sites (N-methyl/N-ethyl adjacent to an activating group) is 1. The fraction of sp³-hybridized carbons (Fsp3) is 0.625. The Labute approximate surface area is 114 Å². The van der Waals surface area contributed by atoms with Gasteiger partial charge in [0.15, 0.2) is 11.6 Å². The summed E-state index contributed by atoms with van der Waals surface area (Å²) in [6.45, 7) is 0. The summed E-state index contributed by atoms with van der Waals surface area (Å²) in [7, 11) is 1.92. The summed E-state index contributed by atoms with van der Waals surface area (Å²) in [5, 5.41) is 3.31. The van der Waals surface area contributed by atoms with E-state index in [0.29, 0.717) is 17.9 Å². The van der Waals surface area contributed by atoms with E-state index in [0.717, 1.165) is 0 Å². The van der Waals surface area contributed by atoms with Gasteiger partial charge in [-0.15, -0.1) is 0 Å². The molecule has 0 amide bonds. The van der Waals surface area contributed by atoms with Crippen LogP contribution in [0.15, 0.2) is 18.2 Å². The lowest BCUT2D eigenvalue weighted by Gasteiger charge is -2.26. The summed E-state index contributed by atoms with van der Waals surface area (Å²) >= 11 is 0. The van der Waals surface area contributed by atoms with Crippen LogP contribution in [-0.4, -0.2) is 13.1 Å². The van der Waals surface area contributed by atoms with Crippen molar-refractivity contribution in [2.24, 2.45) is 5.92 Å². The molecule has 1 unspecified atom stereocenters. The van der Waals surface area contributed by atoms with Gasteiger partial charge in [0, 0.05) is 6.04 Å². The molecule has 19 heavy (non-hydrogen) atoms. The molecule has 0 saturated heterocycles. The zero-order valence-electron chi connectivity index (χ0n) is 11.6. The highest BCUT2D eigenvalue weighted by Gasteiger charge is 2.23. The van der Waals surface area contributed by atoms with Crippen molar-refractivity contribution >= 4 is 0 Å². The maximum absolute atomic E-state index is 13.7. The Morgan fingerprint density at radius 2 is 1.84 bits per heavy atom. The highest BCUT2D eigenvalue weighted by atomic mass is 19.2. The van der Waals surface area contributed by atoms with E-state index in [4.69, 9.17) is 0 Å². The molecule has 1 nitrogen and oxygen atoms in total. The molecule has 0 bridgehead atoms. The van der Waals surface area contributed by atoms with Crippen LogP contribution in [-0.2, 0) is 6.42 Å². The third-order valence-electron chi connectivity index (χ3n) is 4.31. The maximum Gasteiger partial charge on any atom is 0.162 e. The molecule has 0 spiro atoms. The first kappa shape index (κ1) is 14.4. The molecule has 0 aliphatic heterocycles. The second kappa shape index (κ2) is 6.99. The molecule has 1 aromatic carbocycles. The molecule has 1 fully saturated rings. The van der Waals surface area contributed by atoms with Gasteiger partial charge in [0.25, 0.3) is 0 Å². The smallest absolute Gasteiger partial charge is 0.162 e. The average molecular weight is 267 g/mol. The third-order valence-corrected chi connectivity index (χ3v) is 4.31. The Morgan fingerprint density at radius 3 is 2.47 bits per heavy atom. The summed E-state index contributed by atoms with van der Waals surface area (Å²) in [6, 6.07) is 4.71. The van der Waals surface area contributed by atoms with Crippen LogP contribution in [0.25, 0.3) is 0 Å². The van der Waals surface area contributed by atoms with Crippen LogP contribution in [0, 0.1) is 17.6 Å². The van der Waals surface area contributed by atoms with Crippen molar-refractivity contribution < 1.29 is 8.78 Å². The molecule has 1 aliphatic rings. The van der Waals surface area contributed by atoms with Crippen LogP contribution >= 0.6 is 0 Å². The van der Waals surface area contributed by atoms with Gasteiger partial charge in [-0.25, -0.2) is 8.78 Å².